The summed E-state index contributed by atoms with van der Waals surface area (Å²) < 4.78 is 0. The molecule has 0 aliphatic heterocycles. The summed E-state index contributed by atoms with van der Waals surface area (Å²) >= 11 is 5.94. The fraction of sp³-hybridized carbons (Fsp3) is 0.636. The van der Waals surface area contributed by atoms with Crippen molar-refractivity contribution in [1.82, 2.24) is 10.2 Å². The van der Waals surface area contributed by atoms with E-state index >= 15 is 0 Å². The first-order chi connectivity index (χ1) is 7.75. The number of aromatic amines is 1. The van der Waals surface area contributed by atoms with Crippen LogP contribution in [0.15, 0.2) is 11.0 Å². The number of halogens is 1. The van der Waals surface area contributed by atoms with E-state index in [1.54, 1.807) is 6.20 Å². The lowest BCUT2D eigenvalue weighted by atomic mass is 10.1. The van der Waals surface area contributed by atoms with Crippen molar-refractivity contribution >= 4 is 17.3 Å². The number of aromatic nitrogens is 2. The first kappa shape index (κ1) is 10.1. The van der Waals surface area contributed by atoms with E-state index in [-0.39, 0.29) is 10.6 Å². The van der Waals surface area contributed by atoms with E-state index in [1.807, 2.05) is 0 Å². The van der Waals surface area contributed by atoms with Crippen molar-refractivity contribution in [3.63, 3.8) is 0 Å². The Morgan fingerprint density at radius 3 is 2.56 bits per heavy atom. The zero-order valence-electron chi connectivity index (χ0n) is 8.87. The van der Waals surface area contributed by atoms with E-state index in [0.717, 1.165) is 11.8 Å². The van der Waals surface area contributed by atoms with Crippen LogP contribution >= 0.6 is 11.6 Å². The van der Waals surface area contributed by atoms with Gasteiger partial charge in [-0.1, -0.05) is 11.6 Å². The highest BCUT2D eigenvalue weighted by molar-refractivity contribution is 6.32. The van der Waals surface area contributed by atoms with Crippen LogP contribution in [0.3, 0.4) is 0 Å². The lowest BCUT2D eigenvalue weighted by Gasteiger charge is -2.19. The molecule has 0 atom stereocenters. The smallest absolute Gasteiger partial charge is 0.285 e. The van der Waals surface area contributed by atoms with E-state index in [9.17, 15) is 4.79 Å². The third-order valence-electron chi connectivity index (χ3n) is 3.38. The molecule has 1 aromatic rings. The van der Waals surface area contributed by atoms with Crippen LogP contribution in [0, 0.1) is 11.8 Å². The maximum atomic E-state index is 11.3. The normalized spacial score (nSPS) is 20.1. The summed E-state index contributed by atoms with van der Waals surface area (Å²) in [4.78, 5) is 11.3. The summed E-state index contributed by atoms with van der Waals surface area (Å²) in [6, 6.07) is 0.487. The molecule has 2 aliphatic carbocycles. The minimum absolute atomic E-state index is 0.223. The van der Waals surface area contributed by atoms with Crippen LogP contribution in [0.25, 0.3) is 0 Å². The number of hydrogen-bond donors (Lipinski definition) is 2. The van der Waals surface area contributed by atoms with Gasteiger partial charge in [-0.3, -0.25) is 4.79 Å². The molecule has 3 rings (SSSR count). The minimum Gasteiger partial charge on any atom is -0.379 e. The summed E-state index contributed by atoms with van der Waals surface area (Å²) in [5, 5.41) is 9.72. The van der Waals surface area contributed by atoms with Gasteiger partial charge in [0, 0.05) is 6.04 Å². The maximum Gasteiger partial charge on any atom is 0.285 e. The van der Waals surface area contributed by atoms with Crippen LogP contribution in [0.2, 0.25) is 5.02 Å². The van der Waals surface area contributed by atoms with Gasteiger partial charge in [-0.2, -0.15) is 5.10 Å². The van der Waals surface area contributed by atoms with Gasteiger partial charge in [0.1, 0.15) is 5.02 Å². The lowest BCUT2D eigenvalue weighted by Crippen LogP contribution is -2.25. The quantitative estimate of drug-likeness (QED) is 0.845. The highest BCUT2D eigenvalue weighted by Gasteiger charge is 2.41. The van der Waals surface area contributed by atoms with Crippen molar-refractivity contribution in [3.8, 4) is 0 Å². The van der Waals surface area contributed by atoms with Gasteiger partial charge in [-0.05, 0) is 37.5 Å². The summed E-state index contributed by atoms with van der Waals surface area (Å²) in [6.45, 7) is 0. The molecule has 1 aromatic heterocycles. The number of anilines is 1. The van der Waals surface area contributed by atoms with Gasteiger partial charge in [0.15, 0.2) is 0 Å². The fourth-order valence-electron chi connectivity index (χ4n) is 2.19. The molecule has 16 heavy (non-hydrogen) atoms. The Morgan fingerprint density at radius 2 is 2.00 bits per heavy atom. The van der Waals surface area contributed by atoms with E-state index in [1.165, 1.54) is 25.7 Å². The molecule has 1 heterocycles. The van der Waals surface area contributed by atoms with Crippen molar-refractivity contribution < 1.29 is 0 Å². The highest BCUT2D eigenvalue weighted by Crippen LogP contribution is 2.46. The van der Waals surface area contributed by atoms with Crippen molar-refractivity contribution in [2.45, 2.75) is 31.7 Å². The van der Waals surface area contributed by atoms with Gasteiger partial charge < -0.3 is 5.32 Å². The molecule has 0 bridgehead atoms. The molecular weight excluding hydrogens is 226 g/mol. The number of H-pyrrole nitrogens is 1. The van der Waals surface area contributed by atoms with E-state index in [2.05, 4.69) is 15.5 Å². The Kier molecular flexibility index (Phi) is 2.39. The molecule has 2 aliphatic rings. The van der Waals surface area contributed by atoms with Gasteiger partial charge in [0.2, 0.25) is 0 Å². The van der Waals surface area contributed by atoms with Crippen LogP contribution in [0.1, 0.15) is 25.7 Å². The molecule has 2 N–H and O–H groups in total. The Balaban J connectivity index is 1.81. The van der Waals surface area contributed by atoms with Gasteiger partial charge in [-0.15, -0.1) is 0 Å². The number of nitrogens with zero attached hydrogens (tertiary/aromatic N) is 1. The zero-order valence-corrected chi connectivity index (χ0v) is 9.63. The zero-order chi connectivity index (χ0) is 11.1. The maximum absolute atomic E-state index is 11.3. The Labute approximate surface area is 98.4 Å². The largest absolute Gasteiger partial charge is 0.379 e. The molecule has 0 radical (unpaired) electrons. The average Bonchev–Trinajstić information content (AvgIpc) is 3.15. The average molecular weight is 240 g/mol. The first-order valence-electron chi connectivity index (χ1n) is 5.75. The summed E-state index contributed by atoms with van der Waals surface area (Å²) in [5.74, 6) is 1.53. The molecule has 2 fully saturated rings. The summed E-state index contributed by atoms with van der Waals surface area (Å²) in [7, 11) is 0. The first-order valence-corrected chi connectivity index (χ1v) is 6.13. The van der Waals surface area contributed by atoms with Crippen LogP contribution in [0.4, 0.5) is 5.69 Å². The predicted molar refractivity (Wildman–Crippen MR) is 62.7 cm³/mol. The van der Waals surface area contributed by atoms with Crippen LogP contribution < -0.4 is 10.9 Å². The Morgan fingerprint density at radius 1 is 1.38 bits per heavy atom. The topological polar surface area (TPSA) is 57.8 Å². The molecule has 0 spiro atoms. The van der Waals surface area contributed by atoms with Crippen LogP contribution in [-0.2, 0) is 0 Å². The van der Waals surface area contributed by atoms with Crippen LogP contribution in [-0.4, -0.2) is 16.2 Å². The SMILES string of the molecule is O=c1[nH]ncc(NC(C2CC2)C2CC2)c1Cl. The van der Waals surface area contributed by atoms with Gasteiger partial charge in [-0.25, -0.2) is 5.10 Å². The lowest BCUT2D eigenvalue weighted by molar-refractivity contribution is 0.567. The molecule has 0 aromatic carbocycles. The predicted octanol–water partition coefficient (Wildman–Crippen LogP) is 2.02. The minimum atomic E-state index is -0.322. The van der Waals surface area contributed by atoms with Crippen molar-refractivity contribution in [3.05, 3.63) is 21.6 Å². The van der Waals surface area contributed by atoms with Gasteiger partial charge >= 0.3 is 0 Å². The van der Waals surface area contributed by atoms with E-state index in [4.69, 9.17) is 11.6 Å². The van der Waals surface area contributed by atoms with E-state index in [0.29, 0.717) is 11.7 Å². The van der Waals surface area contributed by atoms with Crippen molar-refractivity contribution in [2.75, 3.05) is 5.32 Å². The molecule has 0 saturated heterocycles. The Hall–Kier alpha value is -1.03. The summed E-state index contributed by atoms with van der Waals surface area (Å²) in [6.07, 6.45) is 6.77. The van der Waals surface area contributed by atoms with Gasteiger partial charge in [0.25, 0.3) is 5.56 Å². The third kappa shape index (κ3) is 1.94. The highest BCUT2D eigenvalue weighted by atomic mass is 35.5. The number of nitrogens with one attached hydrogen (secondary N) is 2. The number of rotatable bonds is 4. The summed E-state index contributed by atoms with van der Waals surface area (Å²) in [5.41, 5.74) is 0.353. The van der Waals surface area contributed by atoms with Gasteiger partial charge in [0.05, 0.1) is 11.9 Å². The molecular formula is C11H14ClN3O. The monoisotopic (exact) mass is 239 g/mol. The molecule has 0 amide bonds. The second-order valence-corrected chi connectivity index (χ2v) is 5.15. The van der Waals surface area contributed by atoms with Crippen molar-refractivity contribution in [1.29, 1.82) is 0 Å². The second-order valence-electron chi connectivity index (χ2n) is 4.77. The third-order valence-corrected chi connectivity index (χ3v) is 3.75. The molecule has 4 nitrogen and oxygen atoms in total. The fourth-order valence-corrected chi connectivity index (χ4v) is 2.34. The molecule has 5 heteroatoms. The molecule has 2 saturated carbocycles. The van der Waals surface area contributed by atoms with Crippen molar-refractivity contribution in [2.24, 2.45) is 11.8 Å². The molecule has 0 unspecified atom stereocenters. The van der Waals surface area contributed by atoms with E-state index < -0.39 is 0 Å². The second kappa shape index (κ2) is 3.77. The standard InChI is InChI=1S/C11H14ClN3O/c12-9-8(5-13-15-11(9)16)14-10(6-1-2-6)7-3-4-7/h5-7,10H,1-4H2,(H2,14,15,16). The number of hydrogen-bond acceptors (Lipinski definition) is 3. The Bertz CT molecular complexity index is 439. The van der Waals surface area contributed by atoms with Crippen LogP contribution in [0.5, 0.6) is 0 Å². The molecule has 86 valence electrons.